The molecule has 6 nitrogen and oxygen atoms in total. The number of aromatic carboxylic acids is 1. The van der Waals surface area contributed by atoms with Crippen LogP contribution < -0.4 is 5.56 Å². The van der Waals surface area contributed by atoms with E-state index in [1.807, 2.05) is 0 Å². The van der Waals surface area contributed by atoms with Crippen molar-refractivity contribution in [2.24, 2.45) is 5.92 Å². The van der Waals surface area contributed by atoms with Crippen molar-refractivity contribution in [3.8, 4) is 0 Å². The number of carbonyl (C=O) groups is 1. The Bertz CT molecular complexity index is 870. The molecule has 25 heavy (non-hydrogen) atoms. The maximum Gasteiger partial charge on any atom is 0.346 e. The first-order valence-electron chi connectivity index (χ1n) is 9.04. The molecule has 1 aliphatic carbocycles. The van der Waals surface area contributed by atoms with E-state index in [-0.39, 0.29) is 10.4 Å². The summed E-state index contributed by atoms with van der Waals surface area (Å²) in [4.78, 5) is 34.5. The van der Waals surface area contributed by atoms with E-state index in [0.717, 1.165) is 23.8 Å². The Balaban J connectivity index is 1.65. The second kappa shape index (κ2) is 6.53. The van der Waals surface area contributed by atoms with Crippen molar-refractivity contribution in [1.82, 2.24) is 14.9 Å². The summed E-state index contributed by atoms with van der Waals surface area (Å²) in [5, 5.41) is 9.70. The summed E-state index contributed by atoms with van der Waals surface area (Å²) >= 11 is 1.10. The van der Waals surface area contributed by atoms with Gasteiger partial charge in [-0.25, -0.2) is 9.78 Å². The highest BCUT2D eigenvalue weighted by Gasteiger charge is 2.33. The van der Waals surface area contributed by atoms with Gasteiger partial charge in [-0.1, -0.05) is 12.8 Å². The SMILES string of the molecule is Cc1c(C(=O)O)sc2nc(CN3CCCC4CCCCC43)[nH]c(=O)c12. The van der Waals surface area contributed by atoms with E-state index in [0.29, 0.717) is 34.2 Å². The van der Waals surface area contributed by atoms with Gasteiger partial charge in [0.1, 0.15) is 15.5 Å². The number of carboxylic acid groups (broad SMARTS) is 1. The number of nitrogens with zero attached hydrogens (tertiary/aromatic N) is 2. The minimum absolute atomic E-state index is 0.204. The van der Waals surface area contributed by atoms with Gasteiger partial charge in [-0.2, -0.15) is 0 Å². The van der Waals surface area contributed by atoms with Crippen molar-refractivity contribution in [3.05, 3.63) is 26.6 Å². The van der Waals surface area contributed by atoms with Crippen LogP contribution in [0.5, 0.6) is 0 Å². The fraction of sp³-hybridized carbons (Fsp3) is 0.611. The molecule has 0 radical (unpaired) electrons. The molecule has 2 unspecified atom stereocenters. The molecule has 0 amide bonds. The molecule has 1 saturated carbocycles. The number of aromatic amines is 1. The van der Waals surface area contributed by atoms with E-state index in [9.17, 15) is 14.7 Å². The van der Waals surface area contributed by atoms with Crippen LogP contribution in [0.15, 0.2) is 4.79 Å². The number of thiophene rings is 1. The summed E-state index contributed by atoms with van der Waals surface area (Å²) < 4.78 is 0. The molecule has 2 aliphatic rings. The van der Waals surface area contributed by atoms with Gasteiger partial charge < -0.3 is 10.1 Å². The zero-order valence-corrected chi connectivity index (χ0v) is 15.2. The van der Waals surface area contributed by atoms with Gasteiger partial charge in [0.15, 0.2) is 0 Å². The number of aromatic nitrogens is 2. The molecule has 134 valence electrons. The molecule has 4 rings (SSSR count). The van der Waals surface area contributed by atoms with Crippen LogP contribution >= 0.6 is 11.3 Å². The third-order valence-corrected chi connectivity index (χ3v) is 6.93. The quantitative estimate of drug-likeness (QED) is 0.877. The molecule has 1 aliphatic heterocycles. The molecule has 2 N–H and O–H groups in total. The summed E-state index contributed by atoms with van der Waals surface area (Å²) in [6.45, 7) is 3.37. The minimum Gasteiger partial charge on any atom is -0.477 e. The van der Waals surface area contributed by atoms with Crippen molar-refractivity contribution in [3.63, 3.8) is 0 Å². The fourth-order valence-corrected chi connectivity index (χ4v) is 5.62. The lowest BCUT2D eigenvalue weighted by Crippen LogP contribution is -2.46. The number of hydrogen-bond acceptors (Lipinski definition) is 5. The monoisotopic (exact) mass is 361 g/mol. The van der Waals surface area contributed by atoms with Gasteiger partial charge in [0.05, 0.1) is 11.9 Å². The number of likely N-dealkylation sites (tertiary alicyclic amines) is 1. The highest BCUT2D eigenvalue weighted by atomic mass is 32.1. The Morgan fingerprint density at radius 3 is 2.88 bits per heavy atom. The van der Waals surface area contributed by atoms with E-state index in [2.05, 4.69) is 14.9 Å². The maximum absolute atomic E-state index is 12.5. The Morgan fingerprint density at radius 1 is 1.32 bits per heavy atom. The number of aryl methyl sites for hydroxylation is 1. The molecule has 2 aromatic rings. The van der Waals surface area contributed by atoms with Gasteiger partial charge in [0.25, 0.3) is 5.56 Å². The summed E-state index contributed by atoms with van der Waals surface area (Å²) in [6.07, 6.45) is 7.69. The summed E-state index contributed by atoms with van der Waals surface area (Å²) in [6, 6.07) is 0.600. The van der Waals surface area contributed by atoms with E-state index in [1.165, 1.54) is 38.5 Å². The number of piperidine rings is 1. The van der Waals surface area contributed by atoms with Gasteiger partial charge in [0.2, 0.25) is 0 Å². The van der Waals surface area contributed by atoms with Crippen LogP contribution in [-0.4, -0.2) is 38.5 Å². The lowest BCUT2D eigenvalue weighted by atomic mass is 9.78. The molecular formula is C18H23N3O3S. The first-order chi connectivity index (χ1) is 12.0. The molecular weight excluding hydrogens is 338 g/mol. The van der Waals surface area contributed by atoms with Crippen LogP contribution in [0.2, 0.25) is 0 Å². The second-order valence-electron chi connectivity index (χ2n) is 7.28. The van der Waals surface area contributed by atoms with E-state index < -0.39 is 5.97 Å². The third-order valence-electron chi connectivity index (χ3n) is 5.75. The van der Waals surface area contributed by atoms with Crippen LogP contribution in [0, 0.1) is 12.8 Å². The van der Waals surface area contributed by atoms with Crippen molar-refractivity contribution >= 4 is 27.5 Å². The van der Waals surface area contributed by atoms with Crippen LogP contribution in [-0.2, 0) is 6.54 Å². The predicted octanol–water partition coefficient (Wildman–Crippen LogP) is 3.15. The first kappa shape index (κ1) is 16.7. The molecule has 0 spiro atoms. The lowest BCUT2D eigenvalue weighted by Gasteiger charge is -2.43. The van der Waals surface area contributed by atoms with E-state index >= 15 is 0 Å². The summed E-state index contributed by atoms with van der Waals surface area (Å²) in [5.74, 6) is 0.435. The maximum atomic E-state index is 12.5. The molecule has 2 fully saturated rings. The molecule has 7 heteroatoms. The number of fused-ring (bicyclic) bond motifs is 2. The Morgan fingerprint density at radius 2 is 2.08 bits per heavy atom. The number of H-pyrrole nitrogens is 1. The van der Waals surface area contributed by atoms with Crippen LogP contribution in [0.3, 0.4) is 0 Å². The number of rotatable bonds is 3. The van der Waals surface area contributed by atoms with Crippen molar-refractivity contribution < 1.29 is 9.90 Å². The zero-order valence-electron chi connectivity index (χ0n) is 14.4. The topological polar surface area (TPSA) is 86.3 Å². The Hall–Kier alpha value is -1.73. The Labute approximate surface area is 149 Å². The van der Waals surface area contributed by atoms with Gasteiger partial charge in [-0.15, -0.1) is 11.3 Å². The first-order valence-corrected chi connectivity index (χ1v) is 9.86. The standard InChI is InChI=1S/C18H23N3O3S/c1-10-14-16(22)19-13(20-17(14)25-15(10)18(23)24)9-21-8-4-6-11-5-2-3-7-12(11)21/h11-12H,2-9H2,1H3,(H,23,24)(H,19,20,22). The number of nitrogens with one attached hydrogen (secondary N) is 1. The van der Waals surface area contributed by atoms with Crippen molar-refractivity contribution in [2.45, 2.75) is 58.0 Å². The van der Waals surface area contributed by atoms with Gasteiger partial charge in [-0.05, 0) is 50.6 Å². The van der Waals surface area contributed by atoms with Crippen molar-refractivity contribution in [2.75, 3.05) is 6.54 Å². The van der Waals surface area contributed by atoms with Crippen LogP contribution in [0.1, 0.15) is 59.6 Å². The van der Waals surface area contributed by atoms with Gasteiger partial charge in [-0.3, -0.25) is 9.69 Å². The average Bonchev–Trinajstić information content (AvgIpc) is 2.92. The molecule has 3 heterocycles. The van der Waals surface area contributed by atoms with Gasteiger partial charge in [0, 0.05) is 6.04 Å². The van der Waals surface area contributed by atoms with E-state index in [4.69, 9.17) is 0 Å². The average molecular weight is 361 g/mol. The predicted molar refractivity (Wildman–Crippen MR) is 97.3 cm³/mol. The summed E-state index contributed by atoms with van der Waals surface area (Å²) in [7, 11) is 0. The summed E-state index contributed by atoms with van der Waals surface area (Å²) in [5.41, 5.74) is 0.288. The smallest absolute Gasteiger partial charge is 0.346 e. The lowest BCUT2D eigenvalue weighted by molar-refractivity contribution is 0.0527. The van der Waals surface area contributed by atoms with Crippen molar-refractivity contribution in [1.29, 1.82) is 0 Å². The van der Waals surface area contributed by atoms with E-state index in [1.54, 1.807) is 6.92 Å². The third kappa shape index (κ3) is 3.00. The normalized spacial score (nSPS) is 24.4. The molecule has 0 bridgehead atoms. The number of hydrogen-bond donors (Lipinski definition) is 2. The molecule has 2 aromatic heterocycles. The number of carboxylic acids is 1. The fourth-order valence-electron chi connectivity index (χ4n) is 4.58. The highest BCUT2D eigenvalue weighted by Crippen LogP contribution is 2.36. The largest absolute Gasteiger partial charge is 0.477 e. The molecule has 0 aromatic carbocycles. The second-order valence-corrected chi connectivity index (χ2v) is 8.28. The highest BCUT2D eigenvalue weighted by molar-refractivity contribution is 7.20. The zero-order chi connectivity index (χ0) is 17.6. The molecule has 1 saturated heterocycles. The van der Waals surface area contributed by atoms with Crippen LogP contribution in [0.25, 0.3) is 10.2 Å². The van der Waals surface area contributed by atoms with Crippen LogP contribution in [0.4, 0.5) is 0 Å². The Kier molecular flexibility index (Phi) is 4.37. The minimum atomic E-state index is -0.998. The molecule has 2 atom stereocenters. The van der Waals surface area contributed by atoms with Gasteiger partial charge >= 0.3 is 5.97 Å².